The molecular formula is C18H19NO4. The van der Waals surface area contributed by atoms with Crippen LogP contribution in [0.25, 0.3) is 0 Å². The zero-order chi connectivity index (χ0) is 16.8. The SMILES string of the molecule is CCOc1ccc(C(=O)Nc2ccccc2C(C)=O)cc1OC. The lowest BCUT2D eigenvalue weighted by molar-refractivity contribution is 0.101. The van der Waals surface area contributed by atoms with Gasteiger partial charge >= 0.3 is 0 Å². The van der Waals surface area contributed by atoms with Crippen molar-refractivity contribution in [2.75, 3.05) is 19.0 Å². The largest absolute Gasteiger partial charge is 0.493 e. The number of nitrogens with one attached hydrogen (secondary N) is 1. The topological polar surface area (TPSA) is 64.6 Å². The van der Waals surface area contributed by atoms with Crippen molar-refractivity contribution >= 4 is 17.4 Å². The number of anilines is 1. The number of hydrogen-bond acceptors (Lipinski definition) is 4. The first kappa shape index (κ1) is 16.5. The summed E-state index contributed by atoms with van der Waals surface area (Å²) in [6, 6.07) is 11.8. The standard InChI is InChI=1S/C18H19NO4/c1-4-23-16-10-9-13(11-17(16)22-3)18(21)19-15-8-6-5-7-14(15)12(2)20/h5-11H,4H2,1-3H3,(H,19,21). The van der Waals surface area contributed by atoms with Crippen LogP contribution < -0.4 is 14.8 Å². The van der Waals surface area contributed by atoms with Crippen molar-refractivity contribution in [3.8, 4) is 11.5 Å². The summed E-state index contributed by atoms with van der Waals surface area (Å²) < 4.78 is 10.7. The van der Waals surface area contributed by atoms with Gasteiger partial charge in [0, 0.05) is 11.1 Å². The Morgan fingerprint density at radius 3 is 2.48 bits per heavy atom. The van der Waals surface area contributed by atoms with Gasteiger partial charge in [-0.15, -0.1) is 0 Å². The lowest BCUT2D eigenvalue weighted by Crippen LogP contribution is -2.14. The molecule has 0 radical (unpaired) electrons. The molecule has 0 aromatic heterocycles. The molecule has 5 heteroatoms. The summed E-state index contributed by atoms with van der Waals surface area (Å²) >= 11 is 0. The molecule has 0 bridgehead atoms. The van der Waals surface area contributed by atoms with Crippen molar-refractivity contribution in [1.29, 1.82) is 0 Å². The van der Waals surface area contributed by atoms with Gasteiger partial charge in [-0.2, -0.15) is 0 Å². The highest BCUT2D eigenvalue weighted by Gasteiger charge is 2.14. The third-order valence-corrected chi connectivity index (χ3v) is 3.28. The fourth-order valence-corrected chi connectivity index (χ4v) is 2.18. The molecular weight excluding hydrogens is 294 g/mol. The van der Waals surface area contributed by atoms with Crippen molar-refractivity contribution in [1.82, 2.24) is 0 Å². The van der Waals surface area contributed by atoms with E-state index in [1.165, 1.54) is 14.0 Å². The van der Waals surface area contributed by atoms with Crippen LogP contribution in [0, 0.1) is 0 Å². The van der Waals surface area contributed by atoms with Crippen molar-refractivity contribution in [2.24, 2.45) is 0 Å². The zero-order valence-corrected chi connectivity index (χ0v) is 13.4. The maximum absolute atomic E-state index is 12.4. The van der Waals surface area contributed by atoms with Gasteiger partial charge in [-0.25, -0.2) is 0 Å². The minimum Gasteiger partial charge on any atom is -0.493 e. The average Bonchev–Trinajstić information content (AvgIpc) is 2.55. The molecule has 0 saturated carbocycles. The highest BCUT2D eigenvalue weighted by molar-refractivity contribution is 6.09. The Balaban J connectivity index is 2.26. The number of ether oxygens (including phenoxy) is 2. The van der Waals surface area contributed by atoms with Crippen LogP contribution in [0.2, 0.25) is 0 Å². The minimum atomic E-state index is -0.319. The van der Waals surface area contributed by atoms with E-state index in [4.69, 9.17) is 9.47 Å². The summed E-state index contributed by atoms with van der Waals surface area (Å²) in [5, 5.41) is 2.75. The first-order valence-electron chi connectivity index (χ1n) is 7.29. The molecule has 5 nitrogen and oxygen atoms in total. The number of methoxy groups -OCH3 is 1. The molecule has 120 valence electrons. The first-order valence-corrected chi connectivity index (χ1v) is 7.29. The van der Waals surface area contributed by atoms with Crippen LogP contribution in [-0.4, -0.2) is 25.4 Å². The van der Waals surface area contributed by atoms with Crippen LogP contribution >= 0.6 is 0 Å². The van der Waals surface area contributed by atoms with Crippen LogP contribution in [0.5, 0.6) is 11.5 Å². The van der Waals surface area contributed by atoms with Crippen molar-refractivity contribution in [3.05, 3.63) is 53.6 Å². The number of amides is 1. The summed E-state index contributed by atoms with van der Waals surface area (Å²) in [4.78, 5) is 24.0. The van der Waals surface area contributed by atoms with Crippen LogP contribution in [0.4, 0.5) is 5.69 Å². The van der Waals surface area contributed by atoms with Gasteiger partial charge in [0.2, 0.25) is 0 Å². The van der Waals surface area contributed by atoms with Crippen LogP contribution in [0.3, 0.4) is 0 Å². The Bertz CT molecular complexity index is 725. The lowest BCUT2D eigenvalue weighted by Gasteiger charge is -2.12. The summed E-state index contributed by atoms with van der Waals surface area (Å²) in [6.07, 6.45) is 0. The fraction of sp³-hybridized carbons (Fsp3) is 0.222. The molecule has 0 heterocycles. The normalized spacial score (nSPS) is 10.0. The molecule has 1 N–H and O–H groups in total. The number of Topliss-reactive ketones (excluding diaryl/α,β-unsaturated/α-hetero) is 1. The van der Waals surface area contributed by atoms with Gasteiger partial charge in [-0.05, 0) is 44.2 Å². The number of benzene rings is 2. The van der Waals surface area contributed by atoms with E-state index in [0.717, 1.165) is 0 Å². The highest BCUT2D eigenvalue weighted by atomic mass is 16.5. The van der Waals surface area contributed by atoms with Crippen LogP contribution in [-0.2, 0) is 0 Å². The monoisotopic (exact) mass is 313 g/mol. The molecule has 0 aliphatic rings. The number of ketones is 1. The van der Waals surface area contributed by atoms with Crippen molar-refractivity contribution in [2.45, 2.75) is 13.8 Å². The molecule has 1 amide bonds. The van der Waals surface area contributed by atoms with Gasteiger partial charge in [0.05, 0.1) is 19.4 Å². The third-order valence-electron chi connectivity index (χ3n) is 3.28. The number of rotatable bonds is 6. The number of carbonyl (C=O) groups is 2. The number of para-hydroxylation sites is 1. The maximum atomic E-state index is 12.4. The Kier molecular flexibility index (Phi) is 5.36. The average molecular weight is 313 g/mol. The van der Waals surface area contributed by atoms with E-state index in [1.54, 1.807) is 42.5 Å². The van der Waals surface area contributed by atoms with E-state index < -0.39 is 0 Å². The van der Waals surface area contributed by atoms with Gasteiger partial charge in [-0.3, -0.25) is 9.59 Å². The molecule has 0 saturated heterocycles. The summed E-state index contributed by atoms with van der Waals surface area (Å²) in [6.45, 7) is 3.84. The van der Waals surface area contributed by atoms with E-state index in [9.17, 15) is 9.59 Å². The first-order chi connectivity index (χ1) is 11.1. The van der Waals surface area contributed by atoms with Crippen LogP contribution in [0.1, 0.15) is 34.6 Å². The second-order valence-electron chi connectivity index (χ2n) is 4.85. The Morgan fingerprint density at radius 2 is 1.83 bits per heavy atom. The Hall–Kier alpha value is -2.82. The summed E-state index contributed by atoms with van der Waals surface area (Å²) in [5.41, 5.74) is 1.38. The zero-order valence-electron chi connectivity index (χ0n) is 13.4. The Morgan fingerprint density at radius 1 is 1.09 bits per heavy atom. The second-order valence-corrected chi connectivity index (χ2v) is 4.85. The van der Waals surface area contributed by atoms with Crippen molar-refractivity contribution < 1.29 is 19.1 Å². The van der Waals surface area contributed by atoms with Gasteiger partial charge in [-0.1, -0.05) is 12.1 Å². The van der Waals surface area contributed by atoms with Gasteiger partial charge in [0.1, 0.15) is 0 Å². The number of hydrogen-bond donors (Lipinski definition) is 1. The van der Waals surface area contributed by atoms with Gasteiger partial charge < -0.3 is 14.8 Å². The molecule has 0 unspecified atom stereocenters. The third kappa shape index (κ3) is 3.88. The van der Waals surface area contributed by atoms with Gasteiger partial charge in [0.15, 0.2) is 17.3 Å². The van der Waals surface area contributed by atoms with E-state index in [-0.39, 0.29) is 11.7 Å². The fourth-order valence-electron chi connectivity index (χ4n) is 2.18. The van der Waals surface area contributed by atoms with Crippen molar-refractivity contribution in [3.63, 3.8) is 0 Å². The summed E-state index contributed by atoms with van der Waals surface area (Å²) in [5.74, 6) is 0.639. The van der Waals surface area contributed by atoms with Gasteiger partial charge in [0.25, 0.3) is 5.91 Å². The second kappa shape index (κ2) is 7.45. The molecule has 23 heavy (non-hydrogen) atoms. The van der Waals surface area contributed by atoms with E-state index in [2.05, 4.69) is 5.32 Å². The molecule has 2 aromatic rings. The van der Waals surface area contributed by atoms with E-state index in [0.29, 0.717) is 34.9 Å². The molecule has 2 rings (SSSR count). The maximum Gasteiger partial charge on any atom is 0.255 e. The van der Waals surface area contributed by atoms with E-state index in [1.807, 2.05) is 6.92 Å². The predicted molar refractivity (Wildman–Crippen MR) is 88.6 cm³/mol. The molecule has 2 aromatic carbocycles. The highest BCUT2D eigenvalue weighted by Crippen LogP contribution is 2.28. The molecule has 0 aliphatic heterocycles. The molecule has 0 fully saturated rings. The minimum absolute atomic E-state index is 0.106. The quantitative estimate of drug-likeness (QED) is 0.828. The predicted octanol–water partition coefficient (Wildman–Crippen LogP) is 3.55. The number of carbonyl (C=O) groups excluding carboxylic acids is 2. The van der Waals surface area contributed by atoms with Crippen LogP contribution in [0.15, 0.2) is 42.5 Å². The Labute approximate surface area is 135 Å². The smallest absolute Gasteiger partial charge is 0.255 e. The van der Waals surface area contributed by atoms with E-state index >= 15 is 0 Å². The summed E-state index contributed by atoms with van der Waals surface area (Å²) in [7, 11) is 1.52. The molecule has 0 aliphatic carbocycles. The lowest BCUT2D eigenvalue weighted by atomic mass is 10.1. The molecule has 0 atom stereocenters. The molecule has 0 spiro atoms.